The van der Waals surface area contributed by atoms with Gasteiger partial charge >= 0.3 is 7.12 Å². The summed E-state index contributed by atoms with van der Waals surface area (Å²) in [7, 11) is -0.969. The van der Waals surface area contributed by atoms with Gasteiger partial charge in [-0.3, -0.25) is 0 Å². The Morgan fingerprint density at radius 3 is 2.32 bits per heavy atom. The summed E-state index contributed by atoms with van der Waals surface area (Å²) in [4.78, 5) is 0. The molecule has 0 atom stereocenters. The molecular formula is C14H17BClFO2. The topological polar surface area (TPSA) is 18.5 Å². The van der Waals surface area contributed by atoms with Gasteiger partial charge in [-0.25, -0.2) is 4.39 Å². The Labute approximate surface area is 118 Å². The highest BCUT2D eigenvalue weighted by Crippen LogP contribution is 2.39. The van der Waals surface area contributed by atoms with Gasteiger partial charge in [0, 0.05) is 5.02 Å². The lowest BCUT2D eigenvalue weighted by Gasteiger charge is -2.32. The lowest BCUT2D eigenvalue weighted by Crippen LogP contribution is -2.41. The lowest BCUT2D eigenvalue weighted by atomic mass is 9.87. The molecule has 0 saturated carbocycles. The van der Waals surface area contributed by atoms with E-state index in [0.29, 0.717) is 10.6 Å². The SMILES string of the molecule is CC1(C)OB(C(F)=Cc2cccc(Cl)c2)OC1(C)C. The average Bonchev–Trinajstić information content (AvgIpc) is 2.48. The first-order chi connectivity index (χ1) is 8.71. The Morgan fingerprint density at radius 1 is 1.21 bits per heavy atom. The predicted octanol–water partition coefficient (Wildman–Crippen LogP) is 4.28. The zero-order valence-corrected chi connectivity index (χ0v) is 12.3. The Morgan fingerprint density at radius 2 is 1.79 bits per heavy atom. The summed E-state index contributed by atoms with van der Waals surface area (Å²) >= 11 is 5.86. The normalized spacial score (nSPS) is 21.8. The minimum absolute atomic E-state index is 0.457. The molecular weight excluding hydrogens is 265 g/mol. The molecule has 0 N–H and O–H groups in total. The largest absolute Gasteiger partial charge is 0.525 e. The van der Waals surface area contributed by atoms with E-state index >= 15 is 0 Å². The third-order valence-corrected chi connectivity index (χ3v) is 3.87. The van der Waals surface area contributed by atoms with Crippen molar-refractivity contribution in [2.24, 2.45) is 0 Å². The molecule has 1 heterocycles. The molecule has 0 aliphatic carbocycles. The van der Waals surface area contributed by atoms with Crippen molar-refractivity contribution in [3.05, 3.63) is 40.6 Å². The molecule has 1 aromatic rings. The highest BCUT2D eigenvalue weighted by atomic mass is 35.5. The molecule has 2 nitrogen and oxygen atoms in total. The minimum Gasteiger partial charge on any atom is -0.398 e. The third-order valence-electron chi connectivity index (χ3n) is 3.63. The Kier molecular flexibility index (Phi) is 3.78. The van der Waals surface area contributed by atoms with Gasteiger partial charge in [0.2, 0.25) is 0 Å². The number of benzene rings is 1. The van der Waals surface area contributed by atoms with Crippen LogP contribution in [0.3, 0.4) is 0 Å². The highest BCUT2D eigenvalue weighted by Gasteiger charge is 2.52. The molecule has 0 spiro atoms. The molecule has 1 aliphatic rings. The van der Waals surface area contributed by atoms with Crippen molar-refractivity contribution in [2.45, 2.75) is 38.9 Å². The maximum absolute atomic E-state index is 14.2. The van der Waals surface area contributed by atoms with Gasteiger partial charge in [0.05, 0.1) is 11.2 Å². The second-order valence-corrected chi connectivity index (χ2v) is 6.11. The fraction of sp³-hybridized carbons (Fsp3) is 0.429. The van der Waals surface area contributed by atoms with Crippen LogP contribution in [-0.4, -0.2) is 18.3 Å². The molecule has 5 heteroatoms. The average molecular weight is 283 g/mol. The van der Waals surface area contributed by atoms with Crippen LogP contribution in [0.15, 0.2) is 30.0 Å². The van der Waals surface area contributed by atoms with Crippen LogP contribution >= 0.6 is 11.6 Å². The maximum Gasteiger partial charge on any atom is 0.525 e. The smallest absolute Gasteiger partial charge is 0.398 e. The minimum atomic E-state index is -0.969. The van der Waals surface area contributed by atoms with Gasteiger partial charge in [0.25, 0.3) is 0 Å². The third kappa shape index (κ3) is 3.02. The first-order valence-electron chi connectivity index (χ1n) is 6.20. The first-order valence-corrected chi connectivity index (χ1v) is 6.57. The summed E-state index contributed by atoms with van der Waals surface area (Å²) < 4.78 is 25.4. The van der Waals surface area contributed by atoms with E-state index in [1.54, 1.807) is 24.3 Å². The highest BCUT2D eigenvalue weighted by molar-refractivity contribution is 6.54. The van der Waals surface area contributed by atoms with Gasteiger partial charge in [-0.05, 0) is 51.5 Å². The summed E-state index contributed by atoms with van der Waals surface area (Å²) in [5.41, 5.74) is -0.866. The van der Waals surface area contributed by atoms with Crippen LogP contribution in [0, 0.1) is 0 Å². The van der Waals surface area contributed by atoms with E-state index < -0.39 is 24.0 Å². The van der Waals surface area contributed by atoms with E-state index in [1.807, 2.05) is 27.7 Å². The molecule has 1 fully saturated rings. The molecule has 0 aromatic heterocycles. The monoisotopic (exact) mass is 282 g/mol. The molecule has 19 heavy (non-hydrogen) atoms. The summed E-state index contributed by atoms with van der Waals surface area (Å²) in [6, 6.07) is 6.97. The Bertz CT molecular complexity index is 498. The quantitative estimate of drug-likeness (QED) is 0.754. The maximum atomic E-state index is 14.2. The van der Waals surface area contributed by atoms with Gasteiger partial charge in [0.1, 0.15) is 5.73 Å². The summed E-state index contributed by atoms with van der Waals surface area (Å²) in [5, 5.41) is 0.565. The van der Waals surface area contributed by atoms with Crippen molar-refractivity contribution in [2.75, 3.05) is 0 Å². The van der Waals surface area contributed by atoms with Crippen molar-refractivity contribution in [3.8, 4) is 0 Å². The molecule has 1 aliphatic heterocycles. The number of hydrogen-bond acceptors (Lipinski definition) is 2. The molecule has 1 aromatic carbocycles. The summed E-state index contributed by atoms with van der Waals surface area (Å²) in [6.45, 7) is 7.55. The second-order valence-electron chi connectivity index (χ2n) is 5.67. The van der Waals surface area contributed by atoms with Crippen molar-refractivity contribution >= 4 is 24.8 Å². The van der Waals surface area contributed by atoms with Crippen LogP contribution in [0.2, 0.25) is 5.02 Å². The van der Waals surface area contributed by atoms with Crippen molar-refractivity contribution in [1.29, 1.82) is 0 Å². The van der Waals surface area contributed by atoms with Gasteiger partial charge in [-0.2, -0.15) is 0 Å². The van der Waals surface area contributed by atoms with Gasteiger partial charge in [-0.15, -0.1) is 0 Å². The molecule has 1 saturated heterocycles. The fourth-order valence-electron chi connectivity index (χ4n) is 1.78. The summed E-state index contributed by atoms with van der Waals surface area (Å²) in [5.74, 6) is 0. The van der Waals surface area contributed by atoms with Crippen LogP contribution in [0.4, 0.5) is 4.39 Å². The standard InChI is InChI=1S/C14H17BClFO2/c1-13(2)14(3,4)19-15(18-13)12(17)9-10-6-5-7-11(16)8-10/h5-9H,1-4H3. The number of rotatable bonds is 2. The van der Waals surface area contributed by atoms with Crippen LogP contribution in [0.5, 0.6) is 0 Å². The molecule has 102 valence electrons. The lowest BCUT2D eigenvalue weighted by molar-refractivity contribution is 0.00578. The number of hydrogen-bond donors (Lipinski definition) is 0. The van der Waals surface area contributed by atoms with E-state index in [0.717, 1.165) is 0 Å². The van der Waals surface area contributed by atoms with Crippen LogP contribution in [-0.2, 0) is 9.31 Å². The molecule has 2 rings (SSSR count). The zero-order valence-electron chi connectivity index (χ0n) is 11.5. The van der Waals surface area contributed by atoms with Gasteiger partial charge in [-0.1, -0.05) is 23.7 Å². The van der Waals surface area contributed by atoms with E-state index in [1.165, 1.54) is 6.08 Å². The molecule has 0 amide bonds. The second kappa shape index (κ2) is 4.93. The van der Waals surface area contributed by atoms with E-state index in [-0.39, 0.29) is 0 Å². The van der Waals surface area contributed by atoms with E-state index in [2.05, 4.69) is 0 Å². The van der Waals surface area contributed by atoms with Crippen molar-refractivity contribution < 1.29 is 13.7 Å². The van der Waals surface area contributed by atoms with Crippen molar-refractivity contribution in [3.63, 3.8) is 0 Å². The number of halogens is 2. The van der Waals surface area contributed by atoms with Crippen LogP contribution < -0.4 is 0 Å². The fourth-order valence-corrected chi connectivity index (χ4v) is 1.98. The Hall–Kier alpha value is -0.835. The first kappa shape index (κ1) is 14.6. The van der Waals surface area contributed by atoms with Crippen LogP contribution in [0.25, 0.3) is 6.08 Å². The van der Waals surface area contributed by atoms with E-state index in [9.17, 15) is 4.39 Å². The van der Waals surface area contributed by atoms with Crippen molar-refractivity contribution in [1.82, 2.24) is 0 Å². The predicted molar refractivity (Wildman–Crippen MR) is 76.6 cm³/mol. The molecule has 0 unspecified atom stereocenters. The molecule has 0 radical (unpaired) electrons. The van der Waals surface area contributed by atoms with Gasteiger partial charge in [0.15, 0.2) is 0 Å². The summed E-state index contributed by atoms with van der Waals surface area (Å²) in [6.07, 6.45) is 1.38. The van der Waals surface area contributed by atoms with Gasteiger partial charge < -0.3 is 9.31 Å². The van der Waals surface area contributed by atoms with Crippen LogP contribution in [0.1, 0.15) is 33.3 Å². The van der Waals surface area contributed by atoms with E-state index in [4.69, 9.17) is 20.9 Å². The zero-order chi connectivity index (χ0) is 14.3. The Balaban J connectivity index is 2.20. The molecule has 0 bridgehead atoms.